The number of quaternary nitrogens is 1. The third-order valence-electron chi connectivity index (χ3n) is 4.38. The van der Waals surface area contributed by atoms with E-state index in [1.807, 2.05) is 30.3 Å². The zero-order valence-electron chi connectivity index (χ0n) is 13.2. The van der Waals surface area contributed by atoms with Crippen LogP contribution in [0.3, 0.4) is 0 Å². The first-order valence-electron chi connectivity index (χ1n) is 7.87. The van der Waals surface area contributed by atoms with Crippen LogP contribution in [0.1, 0.15) is 28.8 Å². The molecule has 0 atom stereocenters. The van der Waals surface area contributed by atoms with Crippen LogP contribution in [0.5, 0.6) is 0 Å². The summed E-state index contributed by atoms with van der Waals surface area (Å²) in [4.78, 5) is 13.0. The number of carbonyl (C=O) groups excluding carboxylic acids is 1. The van der Waals surface area contributed by atoms with Crippen molar-refractivity contribution in [1.29, 1.82) is 0 Å². The SMILES string of the molecule is O=C(OC1(c2ccc(Cl)cc2)CC[NH2+]CC1)c1cc(I)cc(I)c1I. The molecule has 0 spiro atoms. The van der Waals surface area contributed by atoms with Crippen molar-refractivity contribution in [2.45, 2.75) is 18.4 Å². The van der Waals surface area contributed by atoms with Gasteiger partial charge in [-0.3, -0.25) is 0 Å². The van der Waals surface area contributed by atoms with Crippen LogP contribution in [0.25, 0.3) is 0 Å². The summed E-state index contributed by atoms with van der Waals surface area (Å²) < 4.78 is 9.21. The van der Waals surface area contributed by atoms with E-state index in [1.54, 1.807) is 0 Å². The van der Waals surface area contributed by atoms with Crippen molar-refractivity contribution in [3.8, 4) is 0 Å². The van der Waals surface area contributed by atoms with Crippen LogP contribution in [0, 0.1) is 10.7 Å². The van der Waals surface area contributed by atoms with E-state index >= 15 is 0 Å². The number of benzene rings is 2. The van der Waals surface area contributed by atoms with E-state index in [0.29, 0.717) is 10.6 Å². The summed E-state index contributed by atoms with van der Waals surface area (Å²) in [6, 6.07) is 11.6. The average Bonchev–Trinajstić information content (AvgIpc) is 2.59. The molecule has 2 N–H and O–H groups in total. The van der Waals surface area contributed by atoms with Crippen LogP contribution in [-0.2, 0) is 10.3 Å². The summed E-state index contributed by atoms with van der Waals surface area (Å²) >= 11 is 12.7. The Bertz CT molecular complexity index is 790. The zero-order valence-corrected chi connectivity index (χ0v) is 20.4. The van der Waals surface area contributed by atoms with Gasteiger partial charge < -0.3 is 10.1 Å². The molecule has 0 unspecified atom stereocenters. The van der Waals surface area contributed by atoms with Crippen LogP contribution in [0.4, 0.5) is 0 Å². The van der Waals surface area contributed by atoms with Gasteiger partial charge in [0, 0.05) is 28.6 Å². The molecule has 7 heteroatoms. The summed E-state index contributed by atoms with van der Waals surface area (Å²) in [6.07, 6.45) is 1.61. The third kappa shape index (κ3) is 4.61. The van der Waals surface area contributed by atoms with Gasteiger partial charge in [-0.15, -0.1) is 0 Å². The average molecular weight is 694 g/mol. The molecule has 0 aromatic heterocycles. The van der Waals surface area contributed by atoms with Gasteiger partial charge in [-0.05, 0) is 97.6 Å². The molecular weight excluding hydrogens is 678 g/mol. The number of hydrogen-bond acceptors (Lipinski definition) is 2. The molecule has 1 heterocycles. The maximum Gasteiger partial charge on any atom is 0.340 e. The Labute approximate surface area is 193 Å². The van der Waals surface area contributed by atoms with Crippen LogP contribution < -0.4 is 5.32 Å². The highest BCUT2D eigenvalue weighted by Crippen LogP contribution is 2.36. The van der Waals surface area contributed by atoms with E-state index in [1.165, 1.54) is 0 Å². The molecule has 2 aromatic carbocycles. The molecule has 3 rings (SSSR count). The highest BCUT2D eigenvalue weighted by Gasteiger charge is 2.40. The lowest BCUT2D eigenvalue weighted by molar-refractivity contribution is -0.668. The van der Waals surface area contributed by atoms with Crippen LogP contribution in [-0.4, -0.2) is 19.1 Å². The quantitative estimate of drug-likeness (QED) is 0.291. The standard InChI is InChI=1S/C18H15ClI3NO2/c19-12-3-1-11(2-4-12)18(5-7-23-8-6-18)25-17(24)14-9-13(20)10-15(21)16(14)22/h1-4,9-10,23H,5-8H2/p+1. The second kappa shape index (κ2) is 8.57. The van der Waals surface area contributed by atoms with Gasteiger partial charge in [0.05, 0.1) is 18.7 Å². The van der Waals surface area contributed by atoms with Crippen molar-refractivity contribution in [2.24, 2.45) is 0 Å². The van der Waals surface area contributed by atoms with E-state index in [4.69, 9.17) is 16.3 Å². The number of carbonyl (C=O) groups is 1. The van der Waals surface area contributed by atoms with E-state index < -0.39 is 5.60 Å². The van der Waals surface area contributed by atoms with Crippen LogP contribution in [0.2, 0.25) is 5.02 Å². The molecule has 1 aliphatic rings. The predicted molar refractivity (Wildman–Crippen MR) is 124 cm³/mol. The Hall–Kier alpha value is 0.350. The Balaban J connectivity index is 1.96. The number of piperidine rings is 1. The van der Waals surface area contributed by atoms with Gasteiger partial charge in [-0.2, -0.15) is 0 Å². The summed E-state index contributed by atoms with van der Waals surface area (Å²) in [6.45, 7) is 1.88. The van der Waals surface area contributed by atoms with E-state index in [0.717, 1.165) is 42.2 Å². The van der Waals surface area contributed by atoms with Gasteiger partial charge in [0.25, 0.3) is 0 Å². The second-order valence-electron chi connectivity index (χ2n) is 6.01. The summed E-state index contributed by atoms with van der Waals surface area (Å²) in [7, 11) is 0. The minimum absolute atomic E-state index is 0.252. The summed E-state index contributed by atoms with van der Waals surface area (Å²) in [5, 5.41) is 2.95. The molecule has 0 aliphatic carbocycles. The first-order chi connectivity index (χ1) is 11.9. The highest BCUT2D eigenvalue weighted by atomic mass is 127. The number of esters is 1. The van der Waals surface area contributed by atoms with Crippen LogP contribution >= 0.6 is 79.4 Å². The lowest BCUT2D eigenvalue weighted by atomic mass is 9.84. The molecule has 0 amide bonds. The van der Waals surface area contributed by atoms with Crippen molar-refractivity contribution < 1.29 is 14.8 Å². The Morgan fingerprint density at radius 3 is 2.36 bits per heavy atom. The van der Waals surface area contributed by atoms with Crippen molar-refractivity contribution in [1.82, 2.24) is 0 Å². The molecule has 132 valence electrons. The number of rotatable bonds is 3. The normalized spacial score (nSPS) is 16.5. The van der Waals surface area contributed by atoms with Crippen LogP contribution in [0.15, 0.2) is 36.4 Å². The smallest absolute Gasteiger partial charge is 0.340 e. The molecule has 1 fully saturated rings. The highest BCUT2D eigenvalue weighted by molar-refractivity contribution is 14.1. The van der Waals surface area contributed by atoms with Crippen molar-refractivity contribution in [3.63, 3.8) is 0 Å². The van der Waals surface area contributed by atoms with Crippen molar-refractivity contribution in [3.05, 3.63) is 63.3 Å². The van der Waals surface area contributed by atoms with Gasteiger partial charge in [-0.25, -0.2) is 4.79 Å². The molecule has 2 aromatic rings. The van der Waals surface area contributed by atoms with Crippen molar-refractivity contribution >= 4 is 85.3 Å². The molecule has 1 aliphatic heterocycles. The molecule has 25 heavy (non-hydrogen) atoms. The molecule has 0 saturated carbocycles. The summed E-state index contributed by atoms with van der Waals surface area (Å²) in [5.41, 5.74) is 1.08. The maximum absolute atomic E-state index is 13.0. The largest absolute Gasteiger partial charge is 0.450 e. The number of hydrogen-bond donors (Lipinski definition) is 1. The van der Waals surface area contributed by atoms with Crippen molar-refractivity contribution in [2.75, 3.05) is 13.1 Å². The number of ether oxygens (including phenoxy) is 1. The Morgan fingerprint density at radius 2 is 1.72 bits per heavy atom. The first-order valence-corrected chi connectivity index (χ1v) is 11.5. The lowest BCUT2D eigenvalue weighted by Gasteiger charge is -2.36. The Morgan fingerprint density at radius 1 is 1.08 bits per heavy atom. The third-order valence-corrected chi connectivity index (χ3v) is 8.30. The molecule has 0 bridgehead atoms. The summed E-state index contributed by atoms with van der Waals surface area (Å²) in [5.74, 6) is -0.252. The van der Waals surface area contributed by atoms with Gasteiger partial charge in [-0.1, -0.05) is 23.7 Å². The van der Waals surface area contributed by atoms with Gasteiger partial charge in [0.2, 0.25) is 0 Å². The minimum Gasteiger partial charge on any atom is -0.450 e. The molecular formula is C18H16ClI3NO2+. The lowest BCUT2D eigenvalue weighted by Crippen LogP contribution is -2.87. The fourth-order valence-electron chi connectivity index (χ4n) is 3.08. The second-order valence-corrected chi connectivity index (χ2v) is 9.93. The van der Waals surface area contributed by atoms with Gasteiger partial charge in [0.1, 0.15) is 5.60 Å². The predicted octanol–water partition coefficient (Wildman–Crippen LogP) is 4.56. The van der Waals surface area contributed by atoms with E-state index in [2.05, 4.69) is 79.2 Å². The maximum atomic E-state index is 13.0. The fraction of sp³-hybridized carbons (Fsp3) is 0.278. The molecule has 0 radical (unpaired) electrons. The van der Waals surface area contributed by atoms with E-state index in [9.17, 15) is 4.79 Å². The zero-order chi connectivity index (χ0) is 18.0. The van der Waals surface area contributed by atoms with E-state index in [-0.39, 0.29) is 5.97 Å². The first kappa shape index (κ1) is 20.1. The van der Waals surface area contributed by atoms with Gasteiger partial charge >= 0.3 is 5.97 Å². The fourth-order valence-corrected chi connectivity index (χ4v) is 5.58. The molecule has 1 saturated heterocycles. The number of nitrogens with two attached hydrogens (primary N) is 1. The molecule has 3 nitrogen and oxygen atoms in total. The Kier molecular flexibility index (Phi) is 6.89. The number of halogens is 4. The monoisotopic (exact) mass is 694 g/mol. The van der Waals surface area contributed by atoms with Gasteiger partial charge in [0.15, 0.2) is 0 Å². The minimum atomic E-state index is -0.577. The topological polar surface area (TPSA) is 42.9 Å².